The van der Waals surface area contributed by atoms with E-state index >= 15 is 0 Å². The molecule has 1 aliphatic rings. The minimum absolute atomic E-state index is 0.262. The molecule has 2 heteroatoms. The third-order valence-corrected chi connectivity index (χ3v) is 11.8. The fourth-order valence-corrected chi connectivity index (χ4v) is 9.40. The highest BCUT2D eigenvalue weighted by molar-refractivity contribution is 6.21. The molecular formula is C53H42N2. The van der Waals surface area contributed by atoms with Crippen molar-refractivity contribution < 1.29 is 0 Å². The maximum Gasteiger partial charge on any atom is 0.0546 e. The number of aryl methyl sites for hydroxylation is 2. The molecule has 0 aliphatic heterocycles. The van der Waals surface area contributed by atoms with Crippen molar-refractivity contribution in [2.75, 3.05) is 9.80 Å². The number of nitrogens with zero attached hydrogens (tertiary/aromatic N) is 2. The lowest BCUT2D eigenvalue weighted by Gasteiger charge is -2.30. The Morgan fingerprint density at radius 2 is 0.836 bits per heavy atom. The van der Waals surface area contributed by atoms with Gasteiger partial charge in [-0.1, -0.05) is 141 Å². The Morgan fingerprint density at radius 3 is 1.47 bits per heavy atom. The highest BCUT2D eigenvalue weighted by atomic mass is 15.2. The molecule has 0 fully saturated rings. The van der Waals surface area contributed by atoms with Gasteiger partial charge < -0.3 is 9.80 Å². The quantitative estimate of drug-likeness (QED) is 0.159. The van der Waals surface area contributed by atoms with Crippen LogP contribution in [0, 0.1) is 13.8 Å². The van der Waals surface area contributed by atoms with Crippen LogP contribution in [0.4, 0.5) is 34.1 Å². The summed E-state index contributed by atoms with van der Waals surface area (Å²) in [5.74, 6) is 0. The number of hydrogen-bond acceptors (Lipinski definition) is 2. The molecule has 0 amide bonds. The number of hydrogen-bond donors (Lipinski definition) is 0. The smallest absolute Gasteiger partial charge is 0.0546 e. The van der Waals surface area contributed by atoms with Crippen molar-refractivity contribution in [3.8, 4) is 11.1 Å². The van der Waals surface area contributed by atoms with Crippen LogP contribution in [-0.2, 0) is 5.41 Å². The van der Waals surface area contributed by atoms with Crippen molar-refractivity contribution in [2.45, 2.75) is 33.1 Å². The van der Waals surface area contributed by atoms with E-state index in [1.807, 2.05) is 0 Å². The Morgan fingerprint density at radius 1 is 0.345 bits per heavy atom. The first-order valence-electron chi connectivity index (χ1n) is 19.3. The number of anilines is 6. The van der Waals surface area contributed by atoms with Crippen molar-refractivity contribution in [2.24, 2.45) is 0 Å². The predicted molar refractivity (Wildman–Crippen MR) is 235 cm³/mol. The summed E-state index contributed by atoms with van der Waals surface area (Å²) in [6.07, 6.45) is 0. The molecule has 0 unspecified atom stereocenters. The first kappa shape index (κ1) is 33.0. The van der Waals surface area contributed by atoms with Crippen LogP contribution in [0.15, 0.2) is 182 Å². The molecule has 0 heterocycles. The van der Waals surface area contributed by atoms with Gasteiger partial charge in [0.05, 0.1) is 5.69 Å². The molecule has 0 saturated carbocycles. The van der Waals surface area contributed by atoms with E-state index in [-0.39, 0.29) is 5.41 Å². The average molecular weight is 707 g/mol. The lowest BCUT2D eigenvalue weighted by molar-refractivity contribution is 0.672. The maximum absolute atomic E-state index is 2.49. The Bertz CT molecular complexity index is 2920. The standard InChI is InChI=1S/C53H42N2/c1-35-19-11-17-29-47(35)54(37-21-7-5-8-22-37)39-31-32-44-45(33-39)40-25-13-15-27-42(40)50-46-34-49(41-26-14-16-28-43(41)51(46)53(3,4)52(44)50)55(38-23-9-6-10-24-38)48-30-18-12-20-36(48)2/h5-34H,1-4H3. The molecule has 0 spiro atoms. The fraction of sp³-hybridized carbons (Fsp3) is 0.0943. The van der Waals surface area contributed by atoms with Gasteiger partial charge in [0.15, 0.2) is 0 Å². The fourth-order valence-electron chi connectivity index (χ4n) is 9.40. The monoisotopic (exact) mass is 706 g/mol. The largest absolute Gasteiger partial charge is 0.310 e. The van der Waals surface area contributed by atoms with Gasteiger partial charge in [0, 0.05) is 39.2 Å². The van der Waals surface area contributed by atoms with E-state index in [0.29, 0.717) is 0 Å². The zero-order chi connectivity index (χ0) is 37.3. The molecule has 0 aromatic heterocycles. The number of rotatable bonds is 6. The summed E-state index contributed by atoms with van der Waals surface area (Å²) >= 11 is 0. The number of fused-ring (bicyclic) bond motifs is 10. The predicted octanol–water partition coefficient (Wildman–Crippen LogP) is 15.0. The Balaban J connectivity index is 1.28. The maximum atomic E-state index is 2.49. The SMILES string of the molecule is Cc1ccccc1N(c1ccccc1)c1ccc2c3c(c4ccccc4c2c1)-c1cc(N(c2ccccc2)c2ccccc2C)c2ccccc2c1C3(C)C. The number of para-hydroxylation sites is 4. The van der Waals surface area contributed by atoms with Crippen LogP contribution in [0.1, 0.15) is 36.1 Å². The van der Waals surface area contributed by atoms with Crippen molar-refractivity contribution in [3.63, 3.8) is 0 Å². The van der Waals surface area contributed by atoms with Crippen LogP contribution < -0.4 is 9.80 Å². The van der Waals surface area contributed by atoms with Gasteiger partial charge in [-0.15, -0.1) is 0 Å². The van der Waals surface area contributed by atoms with E-state index in [1.54, 1.807) is 0 Å². The molecule has 0 radical (unpaired) electrons. The molecule has 0 atom stereocenters. The lowest BCUT2D eigenvalue weighted by atomic mass is 9.77. The summed E-state index contributed by atoms with van der Waals surface area (Å²) in [7, 11) is 0. The number of benzene rings is 9. The van der Waals surface area contributed by atoms with Crippen LogP contribution >= 0.6 is 0 Å². The molecule has 0 saturated heterocycles. The third-order valence-electron chi connectivity index (χ3n) is 11.8. The van der Waals surface area contributed by atoms with Gasteiger partial charge in [-0.3, -0.25) is 0 Å². The topological polar surface area (TPSA) is 6.48 Å². The summed E-state index contributed by atoms with van der Waals surface area (Å²) in [5, 5.41) is 7.70. The van der Waals surface area contributed by atoms with E-state index in [1.165, 1.54) is 82.8 Å². The Labute approximate surface area is 323 Å². The molecule has 55 heavy (non-hydrogen) atoms. The molecule has 10 rings (SSSR count). The van der Waals surface area contributed by atoms with Gasteiger partial charge >= 0.3 is 0 Å². The minimum atomic E-state index is -0.262. The minimum Gasteiger partial charge on any atom is -0.310 e. The van der Waals surface area contributed by atoms with Crippen molar-refractivity contribution >= 4 is 66.4 Å². The molecular weight excluding hydrogens is 665 g/mol. The van der Waals surface area contributed by atoms with Gasteiger partial charge in [0.1, 0.15) is 0 Å². The Kier molecular flexibility index (Phi) is 7.64. The molecule has 0 N–H and O–H groups in total. The second-order valence-electron chi connectivity index (χ2n) is 15.4. The van der Waals surface area contributed by atoms with Gasteiger partial charge in [-0.05, 0) is 129 Å². The van der Waals surface area contributed by atoms with Gasteiger partial charge in [0.25, 0.3) is 0 Å². The van der Waals surface area contributed by atoms with E-state index in [2.05, 4.69) is 219 Å². The third kappa shape index (κ3) is 5.09. The normalized spacial score (nSPS) is 12.9. The summed E-state index contributed by atoms with van der Waals surface area (Å²) in [6, 6.07) is 66.7. The van der Waals surface area contributed by atoms with Crippen LogP contribution in [0.5, 0.6) is 0 Å². The average Bonchev–Trinajstić information content (AvgIpc) is 3.47. The van der Waals surface area contributed by atoms with Crippen molar-refractivity contribution in [3.05, 3.63) is 204 Å². The van der Waals surface area contributed by atoms with Crippen LogP contribution in [-0.4, -0.2) is 0 Å². The molecule has 9 aromatic carbocycles. The highest BCUT2D eigenvalue weighted by Gasteiger charge is 2.41. The second-order valence-corrected chi connectivity index (χ2v) is 15.4. The molecule has 2 nitrogen and oxygen atoms in total. The summed E-state index contributed by atoms with van der Waals surface area (Å²) in [4.78, 5) is 4.86. The van der Waals surface area contributed by atoms with Gasteiger partial charge in [-0.25, -0.2) is 0 Å². The first-order chi connectivity index (χ1) is 26.9. The Hall–Kier alpha value is -6.64. The first-order valence-corrected chi connectivity index (χ1v) is 19.3. The van der Waals surface area contributed by atoms with Crippen LogP contribution in [0.3, 0.4) is 0 Å². The summed E-state index contributed by atoms with van der Waals surface area (Å²) < 4.78 is 0. The molecule has 0 bridgehead atoms. The van der Waals surface area contributed by atoms with Crippen molar-refractivity contribution in [1.29, 1.82) is 0 Å². The van der Waals surface area contributed by atoms with E-state index in [9.17, 15) is 0 Å². The zero-order valence-corrected chi connectivity index (χ0v) is 31.7. The zero-order valence-electron chi connectivity index (χ0n) is 31.7. The summed E-state index contributed by atoms with van der Waals surface area (Å²) in [5.41, 5.74) is 14.7. The highest BCUT2D eigenvalue weighted by Crippen LogP contribution is 2.59. The van der Waals surface area contributed by atoms with Crippen molar-refractivity contribution in [1.82, 2.24) is 0 Å². The molecule has 9 aromatic rings. The van der Waals surface area contributed by atoms with Gasteiger partial charge in [0.2, 0.25) is 0 Å². The van der Waals surface area contributed by atoms with Crippen LogP contribution in [0.25, 0.3) is 43.4 Å². The lowest BCUT2D eigenvalue weighted by Crippen LogP contribution is -2.17. The van der Waals surface area contributed by atoms with E-state index in [0.717, 1.165) is 17.1 Å². The van der Waals surface area contributed by atoms with E-state index < -0.39 is 0 Å². The second kappa shape index (κ2) is 12.7. The molecule has 264 valence electrons. The van der Waals surface area contributed by atoms with Gasteiger partial charge in [-0.2, -0.15) is 0 Å². The molecule has 1 aliphatic carbocycles. The van der Waals surface area contributed by atoms with E-state index in [4.69, 9.17) is 0 Å². The summed E-state index contributed by atoms with van der Waals surface area (Å²) in [6.45, 7) is 9.29. The van der Waals surface area contributed by atoms with Crippen LogP contribution in [0.2, 0.25) is 0 Å².